The van der Waals surface area contributed by atoms with E-state index in [4.69, 9.17) is 4.74 Å². The molecule has 1 aliphatic heterocycles. The summed E-state index contributed by atoms with van der Waals surface area (Å²) in [6.07, 6.45) is 8.93. The van der Waals surface area contributed by atoms with E-state index in [1.807, 2.05) is 0 Å². The van der Waals surface area contributed by atoms with Crippen molar-refractivity contribution in [3.8, 4) is 0 Å². The number of carbonyl (C=O) groups is 1. The maximum absolute atomic E-state index is 10.9. The fraction of sp³-hybridized carbons (Fsp3) is 0.700. The van der Waals surface area contributed by atoms with E-state index in [1.165, 1.54) is 0 Å². The van der Waals surface area contributed by atoms with E-state index >= 15 is 0 Å². The first-order chi connectivity index (χ1) is 5.83. The summed E-state index contributed by atoms with van der Waals surface area (Å²) in [5.41, 5.74) is 0. The molecule has 68 valence electrons. The van der Waals surface area contributed by atoms with Crippen LogP contribution in [0.3, 0.4) is 0 Å². The number of cyclic esters (lactones) is 1. The summed E-state index contributed by atoms with van der Waals surface area (Å²) >= 11 is 0. The molecule has 0 bridgehead atoms. The highest BCUT2D eigenvalue weighted by molar-refractivity contribution is 5.70. The van der Waals surface area contributed by atoms with Crippen LogP contribution >= 0.6 is 0 Å². The monoisotopic (exact) mass is 168 g/mol. The third-order valence-corrected chi connectivity index (χ3v) is 2.01. The van der Waals surface area contributed by atoms with Crippen LogP contribution in [0.5, 0.6) is 0 Å². The van der Waals surface area contributed by atoms with Gasteiger partial charge in [-0.25, -0.2) is 0 Å². The highest BCUT2D eigenvalue weighted by atomic mass is 16.5. The number of hydrogen-bond acceptors (Lipinski definition) is 2. The highest BCUT2D eigenvalue weighted by Crippen LogP contribution is 2.16. The van der Waals surface area contributed by atoms with Crippen LogP contribution in [0.25, 0.3) is 0 Å². The molecule has 0 unspecified atom stereocenters. The molecule has 0 N–H and O–H groups in total. The van der Waals surface area contributed by atoms with Gasteiger partial charge in [0.25, 0.3) is 0 Å². The van der Waals surface area contributed by atoms with Crippen LogP contribution in [0.4, 0.5) is 0 Å². The second-order valence-corrected chi connectivity index (χ2v) is 3.12. The predicted octanol–water partition coefficient (Wildman–Crippen LogP) is 2.44. The molecular formula is C10H16O2. The molecular weight excluding hydrogens is 152 g/mol. The van der Waals surface area contributed by atoms with Gasteiger partial charge >= 0.3 is 5.97 Å². The van der Waals surface area contributed by atoms with Gasteiger partial charge in [0, 0.05) is 12.8 Å². The predicted molar refractivity (Wildman–Crippen MR) is 47.8 cm³/mol. The summed E-state index contributed by atoms with van der Waals surface area (Å²) in [6.45, 7) is 2.10. The Labute approximate surface area is 73.6 Å². The van der Waals surface area contributed by atoms with Crippen molar-refractivity contribution in [1.82, 2.24) is 0 Å². The molecule has 2 nitrogen and oxygen atoms in total. The van der Waals surface area contributed by atoms with Gasteiger partial charge in [-0.2, -0.15) is 0 Å². The van der Waals surface area contributed by atoms with Crippen LogP contribution in [0.1, 0.15) is 39.0 Å². The van der Waals surface area contributed by atoms with Gasteiger partial charge in [0.2, 0.25) is 0 Å². The van der Waals surface area contributed by atoms with E-state index in [2.05, 4.69) is 19.1 Å². The Morgan fingerprint density at radius 2 is 2.42 bits per heavy atom. The van der Waals surface area contributed by atoms with E-state index in [0.717, 1.165) is 25.7 Å². The SMILES string of the molecule is CCC=CC[C@@H]1CCCC(=O)O1. The lowest BCUT2D eigenvalue weighted by Gasteiger charge is -2.20. The Hall–Kier alpha value is -0.790. The van der Waals surface area contributed by atoms with Crippen molar-refractivity contribution in [1.29, 1.82) is 0 Å². The molecule has 1 heterocycles. The fourth-order valence-electron chi connectivity index (χ4n) is 1.36. The third kappa shape index (κ3) is 3.07. The van der Waals surface area contributed by atoms with Crippen molar-refractivity contribution in [2.75, 3.05) is 0 Å². The van der Waals surface area contributed by atoms with Gasteiger partial charge in [-0.15, -0.1) is 0 Å². The Morgan fingerprint density at radius 1 is 1.58 bits per heavy atom. The summed E-state index contributed by atoms with van der Waals surface area (Å²) < 4.78 is 5.14. The number of ether oxygens (including phenoxy) is 1. The van der Waals surface area contributed by atoms with Gasteiger partial charge in [-0.3, -0.25) is 4.79 Å². The molecule has 1 aliphatic rings. The molecule has 0 aliphatic carbocycles. The second-order valence-electron chi connectivity index (χ2n) is 3.12. The number of hydrogen-bond donors (Lipinski definition) is 0. The van der Waals surface area contributed by atoms with Crippen LogP contribution < -0.4 is 0 Å². The van der Waals surface area contributed by atoms with Crippen LogP contribution in [-0.4, -0.2) is 12.1 Å². The van der Waals surface area contributed by atoms with Crippen molar-refractivity contribution in [3.63, 3.8) is 0 Å². The second kappa shape index (κ2) is 4.96. The normalized spacial score (nSPS) is 24.4. The molecule has 1 fully saturated rings. The average molecular weight is 168 g/mol. The Kier molecular flexibility index (Phi) is 3.85. The summed E-state index contributed by atoms with van der Waals surface area (Å²) in [4.78, 5) is 10.9. The van der Waals surface area contributed by atoms with Crippen molar-refractivity contribution in [2.24, 2.45) is 0 Å². The quantitative estimate of drug-likeness (QED) is 0.478. The van der Waals surface area contributed by atoms with Crippen molar-refractivity contribution in [3.05, 3.63) is 12.2 Å². The number of esters is 1. The van der Waals surface area contributed by atoms with E-state index in [-0.39, 0.29) is 12.1 Å². The van der Waals surface area contributed by atoms with E-state index in [0.29, 0.717) is 6.42 Å². The molecule has 0 radical (unpaired) electrons. The van der Waals surface area contributed by atoms with Gasteiger partial charge in [-0.05, 0) is 19.3 Å². The molecule has 1 atom stereocenters. The van der Waals surface area contributed by atoms with Crippen molar-refractivity contribution >= 4 is 5.97 Å². The largest absolute Gasteiger partial charge is 0.462 e. The van der Waals surface area contributed by atoms with Crippen LogP contribution in [0.15, 0.2) is 12.2 Å². The topological polar surface area (TPSA) is 26.3 Å². The molecule has 1 rings (SSSR count). The van der Waals surface area contributed by atoms with E-state index in [1.54, 1.807) is 0 Å². The summed E-state index contributed by atoms with van der Waals surface area (Å²) in [6, 6.07) is 0. The lowest BCUT2D eigenvalue weighted by molar-refractivity contribution is -0.153. The maximum Gasteiger partial charge on any atom is 0.306 e. The Morgan fingerprint density at radius 3 is 3.08 bits per heavy atom. The van der Waals surface area contributed by atoms with Gasteiger partial charge in [0.05, 0.1) is 0 Å². The minimum absolute atomic E-state index is 0.0313. The van der Waals surface area contributed by atoms with Gasteiger partial charge in [-0.1, -0.05) is 19.1 Å². The Balaban J connectivity index is 2.22. The third-order valence-electron chi connectivity index (χ3n) is 2.01. The minimum atomic E-state index is -0.0313. The van der Waals surface area contributed by atoms with Gasteiger partial charge in [0.1, 0.15) is 6.10 Å². The first kappa shape index (κ1) is 9.30. The van der Waals surface area contributed by atoms with E-state index < -0.39 is 0 Å². The van der Waals surface area contributed by atoms with Crippen molar-refractivity contribution in [2.45, 2.75) is 45.1 Å². The zero-order valence-electron chi connectivity index (χ0n) is 7.58. The molecule has 0 amide bonds. The molecule has 0 aromatic carbocycles. The molecule has 0 spiro atoms. The van der Waals surface area contributed by atoms with Gasteiger partial charge < -0.3 is 4.74 Å². The highest BCUT2D eigenvalue weighted by Gasteiger charge is 2.18. The van der Waals surface area contributed by atoms with Crippen LogP contribution in [0, 0.1) is 0 Å². The molecule has 12 heavy (non-hydrogen) atoms. The average Bonchev–Trinajstić information content (AvgIpc) is 2.05. The zero-order chi connectivity index (χ0) is 8.81. The number of allylic oxidation sites excluding steroid dienone is 1. The number of rotatable bonds is 3. The molecule has 0 aromatic heterocycles. The summed E-state index contributed by atoms with van der Waals surface area (Å²) in [5.74, 6) is -0.0313. The molecule has 1 saturated heterocycles. The standard InChI is InChI=1S/C10H16O2/c1-2-3-4-6-9-7-5-8-10(11)12-9/h3-4,9H,2,5-8H2,1H3/t9-/m1/s1. The van der Waals surface area contributed by atoms with Crippen molar-refractivity contribution < 1.29 is 9.53 Å². The minimum Gasteiger partial charge on any atom is -0.462 e. The Bertz CT molecular complexity index is 173. The first-order valence-electron chi connectivity index (χ1n) is 4.67. The van der Waals surface area contributed by atoms with Gasteiger partial charge in [0.15, 0.2) is 0 Å². The fourth-order valence-corrected chi connectivity index (χ4v) is 1.36. The zero-order valence-corrected chi connectivity index (χ0v) is 7.58. The summed E-state index contributed by atoms with van der Waals surface area (Å²) in [5, 5.41) is 0. The lowest BCUT2D eigenvalue weighted by Crippen LogP contribution is -2.22. The molecule has 0 aromatic rings. The molecule has 2 heteroatoms. The van der Waals surface area contributed by atoms with E-state index in [9.17, 15) is 4.79 Å². The first-order valence-corrected chi connectivity index (χ1v) is 4.67. The maximum atomic E-state index is 10.9. The summed E-state index contributed by atoms with van der Waals surface area (Å²) in [7, 11) is 0. The lowest BCUT2D eigenvalue weighted by atomic mass is 10.1. The molecule has 0 saturated carbocycles. The smallest absolute Gasteiger partial charge is 0.306 e. The number of carbonyl (C=O) groups excluding carboxylic acids is 1. The van der Waals surface area contributed by atoms with Crippen LogP contribution in [-0.2, 0) is 9.53 Å². The van der Waals surface area contributed by atoms with Crippen LogP contribution in [0.2, 0.25) is 0 Å².